The third kappa shape index (κ3) is 4.08. The fourth-order valence-corrected chi connectivity index (χ4v) is 5.81. The highest BCUT2D eigenvalue weighted by Crippen LogP contribution is 2.36. The Bertz CT molecular complexity index is 1510. The zero-order chi connectivity index (χ0) is 26.8. The highest BCUT2D eigenvalue weighted by Gasteiger charge is 2.43. The molecule has 5 heterocycles. The second-order valence-electron chi connectivity index (χ2n) is 10.8. The minimum absolute atomic E-state index is 0.127. The van der Waals surface area contributed by atoms with Crippen molar-refractivity contribution in [3.63, 3.8) is 0 Å². The normalized spacial score (nSPS) is 22.9. The average molecular weight is 526 g/mol. The van der Waals surface area contributed by atoms with Gasteiger partial charge in [-0.15, -0.1) is 5.10 Å². The zero-order valence-corrected chi connectivity index (χ0v) is 22.3. The average Bonchev–Trinajstić information content (AvgIpc) is 3.39. The first kappa shape index (κ1) is 25.0. The summed E-state index contributed by atoms with van der Waals surface area (Å²) in [6.45, 7) is 10.0. The number of alkyl halides is 1. The van der Waals surface area contributed by atoms with Crippen LogP contribution in [-0.2, 0) is 4.74 Å². The number of halogens is 2. The maximum absolute atomic E-state index is 15.7. The predicted molar refractivity (Wildman–Crippen MR) is 141 cm³/mol. The topological polar surface area (TPSA) is 81.7 Å². The van der Waals surface area contributed by atoms with E-state index in [9.17, 15) is 0 Å². The van der Waals surface area contributed by atoms with Crippen molar-refractivity contribution in [1.82, 2.24) is 29.0 Å². The molecule has 38 heavy (non-hydrogen) atoms. The molecule has 0 spiro atoms. The van der Waals surface area contributed by atoms with E-state index in [0.29, 0.717) is 54.7 Å². The summed E-state index contributed by atoms with van der Waals surface area (Å²) in [5.41, 5.74) is 1.62. The van der Waals surface area contributed by atoms with Gasteiger partial charge >= 0.3 is 0 Å². The van der Waals surface area contributed by atoms with E-state index >= 15 is 8.78 Å². The van der Waals surface area contributed by atoms with Crippen molar-refractivity contribution in [2.45, 2.75) is 57.9 Å². The second kappa shape index (κ2) is 9.16. The summed E-state index contributed by atoms with van der Waals surface area (Å²) in [6, 6.07) is 5.25. The van der Waals surface area contributed by atoms with Crippen LogP contribution >= 0.6 is 0 Å². The van der Waals surface area contributed by atoms with Gasteiger partial charge < -0.3 is 19.4 Å². The van der Waals surface area contributed by atoms with E-state index in [1.54, 1.807) is 17.6 Å². The van der Waals surface area contributed by atoms with Crippen LogP contribution in [0.4, 0.5) is 14.7 Å². The van der Waals surface area contributed by atoms with E-state index in [-0.39, 0.29) is 17.8 Å². The van der Waals surface area contributed by atoms with Crippen LogP contribution in [0.15, 0.2) is 24.4 Å². The van der Waals surface area contributed by atoms with E-state index in [2.05, 4.69) is 25.3 Å². The van der Waals surface area contributed by atoms with Crippen LogP contribution in [0, 0.1) is 12.7 Å². The van der Waals surface area contributed by atoms with Crippen molar-refractivity contribution < 1.29 is 18.3 Å². The third-order valence-electron chi connectivity index (χ3n) is 7.81. The van der Waals surface area contributed by atoms with Gasteiger partial charge in [0.1, 0.15) is 22.5 Å². The van der Waals surface area contributed by atoms with Crippen LogP contribution in [0.3, 0.4) is 0 Å². The summed E-state index contributed by atoms with van der Waals surface area (Å²) < 4.78 is 45.5. The summed E-state index contributed by atoms with van der Waals surface area (Å²) in [5, 5.41) is 7.82. The quantitative estimate of drug-likeness (QED) is 0.400. The molecule has 0 saturated carbocycles. The van der Waals surface area contributed by atoms with E-state index in [4.69, 9.17) is 9.47 Å². The lowest BCUT2D eigenvalue weighted by molar-refractivity contribution is -0.0924. The van der Waals surface area contributed by atoms with E-state index in [0.717, 1.165) is 23.4 Å². The monoisotopic (exact) mass is 525 g/mol. The maximum Gasteiger partial charge on any atom is 0.244 e. The number of anilines is 1. The molecule has 3 aromatic heterocycles. The van der Waals surface area contributed by atoms with Gasteiger partial charge in [0.15, 0.2) is 5.82 Å². The van der Waals surface area contributed by atoms with Crippen LogP contribution in [-0.4, -0.2) is 80.2 Å². The molecule has 0 aliphatic carbocycles. The molecule has 1 aromatic carbocycles. The van der Waals surface area contributed by atoms with Gasteiger partial charge in [0.25, 0.3) is 0 Å². The molecule has 0 bridgehead atoms. The number of nitrogens with zero attached hydrogens (tertiary/aromatic N) is 6. The van der Waals surface area contributed by atoms with Gasteiger partial charge in [-0.05, 0) is 57.9 Å². The maximum atomic E-state index is 15.7. The lowest BCUT2D eigenvalue weighted by Crippen LogP contribution is -2.61. The molecule has 2 aliphatic heterocycles. The van der Waals surface area contributed by atoms with Crippen LogP contribution < -0.4 is 10.1 Å². The number of methoxy groups -OCH3 is 1. The molecule has 1 unspecified atom stereocenters. The highest BCUT2D eigenvalue weighted by atomic mass is 19.1. The molecule has 202 valence electrons. The largest absolute Gasteiger partial charge is 0.479 e. The van der Waals surface area contributed by atoms with Crippen molar-refractivity contribution in [2.75, 3.05) is 38.7 Å². The molecule has 2 aliphatic rings. The number of benzene rings is 1. The fourth-order valence-electron chi connectivity index (χ4n) is 5.81. The number of aryl methyl sites for hydroxylation is 1. The smallest absolute Gasteiger partial charge is 0.244 e. The number of piperidine rings is 1. The number of likely N-dealkylation sites (tertiary alicyclic amines) is 1. The number of hydrogen-bond acceptors (Lipinski definition) is 7. The first-order valence-electron chi connectivity index (χ1n) is 13.1. The lowest BCUT2D eigenvalue weighted by Gasteiger charge is -2.46. The summed E-state index contributed by atoms with van der Waals surface area (Å²) in [5.74, 6) is 0.970. The van der Waals surface area contributed by atoms with Crippen molar-refractivity contribution >= 4 is 22.5 Å². The van der Waals surface area contributed by atoms with Gasteiger partial charge in [-0.25, -0.2) is 18.3 Å². The van der Waals surface area contributed by atoms with Crippen LogP contribution in [0.25, 0.3) is 27.7 Å². The molecule has 0 amide bonds. The minimum Gasteiger partial charge on any atom is -0.479 e. The predicted octanol–water partition coefficient (Wildman–Crippen LogP) is 4.40. The van der Waals surface area contributed by atoms with Crippen molar-refractivity contribution in [2.24, 2.45) is 0 Å². The highest BCUT2D eigenvalue weighted by molar-refractivity contribution is 5.90. The van der Waals surface area contributed by atoms with E-state index < -0.39 is 11.7 Å². The first-order valence-corrected chi connectivity index (χ1v) is 13.1. The minimum atomic E-state index is -1.47. The SMILES string of the molecule is COc1nc(N[C@@H]2CCN(C3COC3)CC2(C)F)nn2ccc(-c3cc(F)c4nc(C)n(C(C)C)c4c3)c12. The molecular weight excluding hydrogens is 492 g/mol. The number of imidazole rings is 1. The standard InChI is InChI=1S/C27H33F2N7O2/c1-15(2)36-16(3)30-23-20(28)10-17(11-21(23)36)19-6-9-35-24(19)25(37-5)32-26(33-35)31-22-7-8-34(14-27(22,4)29)18-12-38-13-18/h6,9-11,15,18,22H,7-8,12-14H2,1-5H3,(H,31,33)/t22-,27?/m1/s1. The molecule has 2 fully saturated rings. The molecule has 4 aromatic rings. The Balaban J connectivity index is 1.34. The van der Waals surface area contributed by atoms with Crippen LogP contribution in [0.1, 0.15) is 39.1 Å². The second-order valence-corrected chi connectivity index (χ2v) is 10.8. The molecule has 1 N–H and O–H groups in total. The lowest BCUT2D eigenvalue weighted by atomic mass is 9.89. The molecule has 9 nitrogen and oxygen atoms in total. The third-order valence-corrected chi connectivity index (χ3v) is 7.81. The first-order chi connectivity index (χ1) is 18.2. The summed E-state index contributed by atoms with van der Waals surface area (Å²) >= 11 is 0. The number of fused-ring (bicyclic) bond motifs is 2. The molecule has 2 saturated heterocycles. The van der Waals surface area contributed by atoms with Gasteiger partial charge in [0.2, 0.25) is 11.8 Å². The molecular formula is C27H33F2N7O2. The Morgan fingerprint density at radius 2 is 2.03 bits per heavy atom. The summed E-state index contributed by atoms with van der Waals surface area (Å²) in [6.07, 6.45) is 2.40. The Kier molecular flexibility index (Phi) is 6.03. The number of rotatable bonds is 6. The van der Waals surface area contributed by atoms with Crippen LogP contribution in [0.5, 0.6) is 5.88 Å². The van der Waals surface area contributed by atoms with Gasteiger partial charge in [-0.2, -0.15) is 4.98 Å². The van der Waals surface area contributed by atoms with Crippen molar-refractivity contribution in [3.05, 3.63) is 36.0 Å². The van der Waals surface area contributed by atoms with E-state index in [1.165, 1.54) is 13.2 Å². The van der Waals surface area contributed by atoms with Crippen molar-refractivity contribution in [1.29, 1.82) is 0 Å². The fraction of sp³-hybridized carbons (Fsp3) is 0.519. The molecule has 2 atom stereocenters. The number of hydrogen-bond donors (Lipinski definition) is 1. The Morgan fingerprint density at radius 1 is 1.24 bits per heavy atom. The Morgan fingerprint density at radius 3 is 2.68 bits per heavy atom. The van der Waals surface area contributed by atoms with E-state index in [1.807, 2.05) is 37.5 Å². The number of aromatic nitrogens is 5. The Labute approximate surface area is 219 Å². The number of ether oxygens (including phenoxy) is 2. The number of nitrogens with one attached hydrogen (secondary N) is 1. The molecule has 11 heteroatoms. The van der Waals surface area contributed by atoms with Gasteiger partial charge in [0, 0.05) is 30.9 Å². The molecule has 0 radical (unpaired) electrons. The van der Waals surface area contributed by atoms with Gasteiger partial charge in [0.05, 0.1) is 37.9 Å². The van der Waals surface area contributed by atoms with Crippen LogP contribution in [0.2, 0.25) is 0 Å². The zero-order valence-electron chi connectivity index (χ0n) is 22.3. The van der Waals surface area contributed by atoms with Gasteiger partial charge in [-0.1, -0.05) is 0 Å². The molecule has 6 rings (SSSR count). The summed E-state index contributed by atoms with van der Waals surface area (Å²) in [7, 11) is 1.53. The van der Waals surface area contributed by atoms with Gasteiger partial charge in [-0.3, -0.25) is 4.90 Å². The Hall–Kier alpha value is -3.31. The van der Waals surface area contributed by atoms with Crippen molar-refractivity contribution in [3.8, 4) is 17.0 Å². The summed E-state index contributed by atoms with van der Waals surface area (Å²) in [4.78, 5) is 11.2.